The van der Waals surface area contributed by atoms with Gasteiger partial charge >= 0.3 is 5.97 Å². The lowest BCUT2D eigenvalue weighted by atomic mass is 9.96. The van der Waals surface area contributed by atoms with E-state index in [0.29, 0.717) is 18.7 Å². The second kappa shape index (κ2) is 8.40. The van der Waals surface area contributed by atoms with Gasteiger partial charge in [-0.2, -0.15) is 0 Å². The maximum Gasteiger partial charge on any atom is 0.325 e. The molecule has 3 atom stereocenters. The predicted molar refractivity (Wildman–Crippen MR) is 115 cm³/mol. The number of benzene rings is 1. The Hall–Kier alpha value is -2.77. The van der Waals surface area contributed by atoms with Gasteiger partial charge in [0.2, 0.25) is 0 Å². The van der Waals surface area contributed by atoms with Crippen LogP contribution in [0.4, 0.5) is 0 Å². The molecule has 1 aromatic rings. The number of rotatable bonds is 4. The first-order chi connectivity index (χ1) is 14.8. The Morgan fingerprint density at radius 2 is 2.00 bits per heavy atom. The Balaban J connectivity index is 1.53. The molecule has 162 valence electrons. The Kier molecular flexibility index (Phi) is 5.81. The number of allylic oxidation sites excluding steroid dienone is 2. The van der Waals surface area contributed by atoms with Gasteiger partial charge in [0, 0.05) is 19.0 Å². The normalized spacial score (nSPS) is 22.2. The van der Waals surface area contributed by atoms with E-state index in [1.807, 2.05) is 30.4 Å². The zero-order valence-electron chi connectivity index (χ0n) is 16.6. The van der Waals surface area contributed by atoms with Crippen LogP contribution in [0.1, 0.15) is 28.4 Å². The number of hydrogen-bond donors (Lipinski definition) is 2. The number of nitrogens with zero attached hydrogens (tertiary/aromatic N) is 1. The van der Waals surface area contributed by atoms with E-state index >= 15 is 0 Å². The molecule has 4 rings (SSSR count). The minimum Gasteiger partial charge on any atom is -0.480 e. The fourth-order valence-electron chi connectivity index (χ4n) is 3.87. The monoisotopic (exact) mass is 462 g/mol. The largest absolute Gasteiger partial charge is 0.480 e. The number of ether oxygens (including phenoxy) is 1. The van der Waals surface area contributed by atoms with Gasteiger partial charge in [-0.15, -0.1) is 0 Å². The van der Waals surface area contributed by atoms with Gasteiger partial charge in [0.25, 0.3) is 11.8 Å². The molecule has 0 spiro atoms. The number of aliphatic carboxylic acids is 1. The topological polar surface area (TPSA) is 95.9 Å². The maximum atomic E-state index is 13.0. The molecule has 2 heterocycles. The highest BCUT2D eigenvalue weighted by molar-refractivity contribution is 6.40. The van der Waals surface area contributed by atoms with Crippen molar-refractivity contribution in [2.45, 2.75) is 32.0 Å². The predicted octanol–water partition coefficient (Wildman–Crippen LogP) is 3.11. The molecule has 2 amide bonds. The van der Waals surface area contributed by atoms with Crippen LogP contribution < -0.4 is 5.32 Å². The van der Waals surface area contributed by atoms with Crippen LogP contribution in [0.3, 0.4) is 0 Å². The number of carboxylic acids is 1. The van der Waals surface area contributed by atoms with E-state index in [4.69, 9.17) is 33.0 Å². The highest BCUT2D eigenvalue weighted by Gasteiger charge is 2.34. The van der Waals surface area contributed by atoms with Crippen LogP contribution in [0.5, 0.6) is 0 Å². The highest BCUT2D eigenvalue weighted by Crippen LogP contribution is 2.36. The van der Waals surface area contributed by atoms with E-state index in [1.165, 1.54) is 6.92 Å². The van der Waals surface area contributed by atoms with Crippen LogP contribution in [0.25, 0.3) is 0 Å². The third-order valence-electron chi connectivity index (χ3n) is 5.58. The molecule has 0 saturated heterocycles. The smallest absolute Gasteiger partial charge is 0.325 e. The van der Waals surface area contributed by atoms with E-state index in [1.54, 1.807) is 11.0 Å². The summed E-state index contributed by atoms with van der Waals surface area (Å²) in [4.78, 5) is 38.2. The van der Waals surface area contributed by atoms with Crippen molar-refractivity contribution in [2.75, 3.05) is 6.54 Å². The van der Waals surface area contributed by atoms with Gasteiger partial charge in [-0.3, -0.25) is 14.4 Å². The Morgan fingerprint density at radius 3 is 2.71 bits per heavy atom. The molecule has 0 radical (unpaired) electrons. The Morgan fingerprint density at radius 1 is 1.26 bits per heavy atom. The average Bonchev–Trinajstić information content (AvgIpc) is 3.16. The molecule has 3 aliphatic rings. The minimum atomic E-state index is -1.16. The lowest BCUT2D eigenvalue weighted by molar-refractivity contribution is -0.138. The summed E-state index contributed by atoms with van der Waals surface area (Å²) in [6, 6.07) is 0.523. The van der Waals surface area contributed by atoms with E-state index in [9.17, 15) is 14.4 Å². The first-order valence-electron chi connectivity index (χ1n) is 9.82. The summed E-state index contributed by atoms with van der Waals surface area (Å²) < 4.78 is 5.80. The van der Waals surface area contributed by atoms with Crippen LogP contribution in [0.2, 0.25) is 10.0 Å². The van der Waals surface area contributed by atoms with Crippen LogP contribution >= 0.6 is 23.2 Å². The lowest BCUT2D eigenvalue weighted by Gasteiger charge is -2.30. The molecular weight excluding hydrogens is 443 g/mol. The molecule has 0 aromatic heterocycles. The average molecular weight is 463 g/mol. The molecule has 2 unspecified atom stereocenters. The SMILES string of the molecule is C[C@H](NC(=O)c1c(Cl)cc2c(c1Cl)CCN(C(=O)C1=CC3C=CC=CC3O1)C2)C(=O)O. The van der Waals surface area contributed by atoms with Gasteiger partial charge in [-0.05, 0) is 42.7 Å². The van der Waals surface area contributed by atoms with Crippen LogP contribution in [0.15, 0.2) is 42.2 Å². The van der Waals surface area contributed by atoms with E-state index in [2.05, 4.69) is 5.32 Å². The summed E-state index contributed by atoms with van der Waals surface area (Å²) in [5.74, 6) is -1.64. The van der Waals surface area contributed by atoms with Crippen molar-refractivity contribution in [3.8, 4) is 0 Å². The van der Waals surface area contributed by atoms with Crippen LogP contribution in [0, 0.1) is 5.92 Å². The first kappa shape index (κ1) is 21.5. The summed E-state index contributed by atoms with van der Waals surface area (Å²) in [6.07, 6.45) is 9.86. The number of carbonyl (C=O) groups excluding carboxylic acids is 2. The van der Waals surface area contributed by atoms with Gasteiger partial charge in [0.15, 0.2) is 5.76 Å². The van der Waals surface area contributed by atoms with Crippen molar-refractivity contribution in [3.63, 3.8) is 0 Å². The number of fused-ring (bicyclic) bond motifs is 2. The third-order valence-corrected chi connectivity index (χ3v) is 6.29. The van der Waals surface area contributed by atoms with Crippen molar-refractivity contribution in [1.29, 1.82) is 0 Å². The van der Waals surface area contributed by atoms with E-state index in [0.717, 1.165) is 11.1 Å². The standard InChI is InChI=1S/C22H20Cl2N2O5/c1-11(22(29)30)25-20(27)18-15(23)8-13-10-26(7-6-14(13)19(18)24)21(28)17-9-12-4-2-3-5-16(12)31-17/h2-5,8-9,11-12,16H,6-7,10H2,1H3,(H,25,27)(H,29,30)/t11-,12?,16?/m0/s1. The molecular formula is C22H20Cl2N2O5. The number of amides is 2. The van der Waals surface area contributed by atoms with E-state index < -0.39 is 17.9 Å². The van der Waals surface area contributed by atoms with Crippen molar-refractivity contribution >= 4 is 41.0 Å². The zero-order valence-corrected chi connectivity index (χ0v) is 18.1. The molecule has 9 heteroatoms. The zero-order chi connectivity index (χ0) is 22.3. The number of carbonyl (C=O) groups is 3. The quantitative estimate of drug-likeness (QED) is 0.716. The van der Waals surface area contributed by atoms with Gasteiger partial charge in [-0.1, -0.05) is 41.4 Å². The van der Waals surface area contributed by atoms with E-state index in [-0.39, 0.29) is 40.1 Å². The molecule has 0 bridgehead atoms. The summed E-state index contributed by atoms with van der Waals surface area (Å²) in [5.41, 5.74) is 1.51. The molecule has 31 heavy (non-hydrogen) atoms. The number of halogens is 2. The molecule has 7 nitrogen and oxygen atoms in total. The summed E-state index contributed by atoms with van der Waals surface area (Å²) in [7, 11) is 0. The second-order valence-electron chi connectivity index (χ2n) is 7.66. The second-order valence-corrected chi connectivity index (χ2v) is 8.44. The third kappa shape index (κ3) is 4.07. The summed E-state index contributed by atoms with van der Waals surface area (Å²) in [5, 5.41) is 11.7. The molecule has 0 saturated carbocycles. The maximum absolute atomic E-state index is 13.0. The van der Waals surface area contributed by atoms with Crippen molar-refractivity contribution < 1.29 is 24.2 Å². The van der Waals surface area contributed by atoms with Crippen molar-refractivity contribution in [2.24, 2.45) is 5.92 Å². The fraction of sp³-hybridized carbons (Fsp3) is 0.318. The Bertz CT molecular complexity index is 1060. The van der Waals surface area contributed by atoms with Gasteiger partial charge < -0.3 is 20.1 Å². The highest BCUT2D eigenvalue weighted by atomic mass is 35.5. The van der Waals surface area contributed by atoms with Crippen molar-refractivity contribution in [1.82, 2.24) is 10.2 Å². The summed E-state index contributed by atoms with van der Waals surface area (Å²) >= 11 is 12.8. The molecule has 0 fully saturated rings. The first-order valence-corrected chi connectivity index (χ1v) is 10.6. The van der Waals surface area contributed by atoms with Crippen molar-refractivity contribution in [3.05, 3.63) is 68.9 Å². The minimum absolute atomic E-state index is 0.0412. The van der Waals surface area contributed by atoms with Gasteiger partial charge in [-0.25, -0.2) is 0 Å². The molecule has 1 aliphatic carbocycles. The number of hydrogen-bond acceptors (Lipinski definition) is 4. The van der Waals surface area contributed by atoms with Gasteiger partial charge in [0.1, 0.15) is 12.1 Å². The molecule has 1 aromatic carbocycles. The number of nitrogens with one attached hydrogen (secondary N) is 1. The van der Waals surface area contributed by atoms with Gasteiger partial charge in [0.05, 0.1) is 15.6 Å². The summed E-state index contributed by atoms with van der Waals surface area (Å²) in [6.45, 7) is 2.04. The lowest BCUT2D eigenvalue weighted by Crippen LogP contribution is -2.39. The Labute approximate surface area is 188 Å². The number of carboxylic acid groups (broad SMARTS) is 1. The fourth-order valence-corrected chi connectivity index (χ4v) is 4.64. The molecule has 2 N–H and O–H groups in total. The molecule has 2 aliphatic heterocycles. The van der Waals surface area contributed by atoms with Crippen LogP contribution in [-0.4, -0.2) is 46.5 Å². The van der Waals surface area contributed by atoms with Crippen LogP contribution in [-0.2, 0) is 27.3 Å².